The fourth-order valence-corrected chi connectivity index (χ4v) is 4.00. The zero-order chi connectivity index (χ0) is 25.9. The highest BCUT2D eigenvalue weighted by atomic mass is 19.1. The summed E-state index contributed by atoms with van der Waals surface area (Å²) in [5.41, 5.74) is -3.88. The van der Waals surface area contributed by atoms with Gasteiger partial charge in [-0.05, 0) is 32.3 Å². The summed E-state index contributed by atoms with van der Waals surface area (Å²) in [4.78, 5) is 40.0. The van der Waals surface area contributed by atoms with E-state index >= 15 is 0 Å². The molecule has 0 saturated heterocycles. The second kappa shape index (κ2) is 7.59. The molecule has 0 spiro atoms. The zero-order valence-electron chi connectivity index (χ0n) is 20.4. The minimum Gasteiger partial charge on any atom is -0.503 e. The molecule has 2 aliphatic rings. The molecule has 9 heteroatoms. The van der Waals surface area contributed by atoms with Gasteiger partial charge in [0.05, 0.1) is 6.04 Å². The largest absolute Gasteiger partial charge is 0.503 e. The number of benzene rings is 1. The smallest absolute Gasteiger partial charge is 0.275 e. The van der Waals surface area contributed by atoms with Crippen molar-refractivity contribution in [1.82, 2.24) is 14.8 Å². The second-order valence-corrected chi connectivity index (χ2v) is 8.15. The van der Waals surface area contributed by atoms with Crippen LogP contribution < -0.4 is 10.7 Å². The molecule has 1 aromatic heterocycles. The number of aromatic hydroxyl groups is 1. The first-order valence-corrected chi connectivity index (χ1v) is 10.0. The van der Waals surface area contributed by atoms with Crippen molar-refractivity contribution in [2.75, 3.05) is 6.54 Å². The lowest BCUT2D eigenvalue weighted by Gasteiger charge is -2.41. The number of halogens is 1. The van der Waals surface area contributed by atoms with Gasteiger partial charge >= 0.3 is 0 Å². The third-order valence-electron chi connectivity index (χ3n) is 5.90. The van der Waals surface area contributed by atoms with E-state index in [9.17, 15) is 29.0 Å². The third-order valence-corrected chi connectivity index (χ3v) is 5.90. The molecule has 168 valence electrons. The van der Waals surface area contributed by atoms with Gasteiger partial charge in [0, 0.05) is 35.0 Å². The highest BCUT2D eigenvalue weighted by Crippen LogP contribution is 2.36. The molecule has 32 heavy (non-hydrogen) atoms. The maximum atomic E-state index is 14.1. The quantitative estimate of drug-likeness (QED) is 0.623. The molecule has 0 aliphatic carbocycles. The summed E-state index contributed by atoms with van der Waals surface area (Å²) in [6.45, 7) is -0.136. The molecule has 2 bridgehead atoms. The van der Waals surface area contributed by atoms with Crippen LogP contribution in [0, 0.1) is 12.7 Å². The van der Waals surface area contributed by atoms with E-state index in [0.29, 0.717) is 5.56 Å². The van der Waals surface area contributed by atoms with Crippen molar-refractivity contribution in [1.29, 1.82) is 0 Å². The Hall–Kier alpha value is -3.46. The van der Waals surface area contributed by atoms with Crippen LogP contribution in [-0.4, -0.2) is 49.7 Å². The SMILES string of the molecule is [2H]C([2H])([2H])[C@]1(O)C=C[C@H](C)N2C[C@H]1n1cc(C(=O)NCc3ccc(C)cc3F)c(=O)c(O)c1C2=O. The summed E-state index contributed by atoms with van der Waals surface area (Å²) in [6.07, 6.45) is 3.42. The van der Waals surface area contributed by atoms with Crippen LogP contribution >= 0.6 is 0 Å². The molecule has 0 fully saturated rings. The molecule has 8 nitrogen and oxygen atoms in total. The van der Waals surface area contributed by atoms with Crippen molar-refractivity contribution in [2.45, 2.75) is 44.9 Å². The lowest BCUT2D eigenvalue weighted by Crippen LogP contribution is -2.51. The zero-order valence-corrected chi connectivity index (χ0v) is 17.4. The van der Waals surface area contributed by atoms with Crippen molar-refractivity contribution in [3.8, 4) is 5.75 Å². The number of fused-ring (bicyclic) bond motifs is 4. The second-order valence-electron chi connectivity index (χ2n) is 8.15. The fourth-order valence-electron chi connectivity index (χ4n) is 4.00. The van der Waals surface area contributed by atoms with Crippen LogP contribution in [0.3, 0.4) is 0 Å². The van der Waals surface area contributed by atoms with Crippen LogP contribution in [0.15, 0.2) is 41.3 Å². The standard InChI is InChI=1S/C23H24FN3O5/c1-12-4-5-14(16(24)8-12)9-25-21(30)15-10-27-17-11-26(13(2)6-7-23(17,3)32)22(31)18(27)20(29)19(15)28/h4-8,10,13,17,29,32H,9,11H2,1-3H3,(H,25,30)/t13-,17+,23-/m0/s1/i3D3. The van der Waals surface area contributed by atoms with Gasteiger partial charge in [-0.3, -0.25) is 14.4 Å². The predicted octanol–water partition coefficient (Wildman–Crippen LogP) is 1.64. The normalized spacial score (nSPS) is 25.9. The van der Waals surface area contributed by atoms with Gasteiger partial charge in [0.1, 0.15) is 17.0 Å². The van der Waals surface area contributed by atoms with Crippen LogP contribution in [0.5, 0.6) is 5.75 Å². The third kappa shape index (κ3) is 3.48. The number of carbonyl (C=O) groups excluding carboxylic acids is 2. The van der Waals surface area contributed by atoms with Gasteiger partial charge in [-0.15, -0.1) is 0 Å². The van der Waals surface area contributed by atoms with Gasteiger partial charge in [-0.25, -0.2) is 4.39 Å². The predicted molar refractivity (Wildman–Crippen MR) is 114 cm³/mol. The number of hydrogen-bond donors (Lipinski definition) is 3. The summed E-state index contributed by atoms with van der Waals surface area (Å²) in [7, 11) is 0. The number of pyridine rings is 1. The first-order valence-electron chi connectivity index (χ1n) is 11.5. The Balaban J connectivity index is 1.80. The number of carbonyl (C=O) groups is 2. The van der Waals surface area contributed by atoms with Crippen LogP contribution in [-0.2, 0) is 6.54 Å². The molecule has 2 amide bonds. The van der Waals surface area contributed by atoms with E-state index in [-0.39, 0.29) is 18.7 Å². The van der Waals surface area contributed by atoms with Crippen LogP contribution in [0.25, 0.3) is 0 Å². The van der Waals surface area contributed by atoms with Crippen LogP contribution in [0.2, 0.25) is 0 Å². The van der Waals surface area contributed by atoms with E-state index in [1.165, 1.54) is 23.1 Å². The lowest BCUT2D eigenvalue weighted by molar-refractivity contribution is 0.0205. The van der Waals surface area contributed by atoms with Gasteiger partial charge in [0.25, 0.3) is 11.8 Å². The number of aliphatic hydroxyl groups is 1. The van der Waals surface area contributed by atoms with Crippen molar-refractivity contribution in [2.24, 2.45) is 0 Å². The number of amides is 2. The molecule has 3 atom stereocenters. The Bertz CT molecular complexity index is 1320. The van der Waals surface area contributed by atoms with E-state index < -0.39 is 64.6 Å². The van der Waals surface area contributed by atoms with Crippen LogP contribution in [0.4, 0.5) is 4.39 Å². The Morgan fingerprint density at radius 1 is 1.41 bits per heavy atom. The van der Waals surface area contributed by atoms with Crippen molar-refractivity contribution in [3.63, 3.8) is 0 Å². The number of nitrogens with zero attached hydrogens (tertiary/aromatic N) is 2. The molecular weight excluding hydrogens is 417 g/mol. The first kappa shape index (κ1) is 18.1. The molecule has 0 unspecified atom stereocenters. The van der Waals surface area contributed by atoms with Gasteiger partial charge in [-0.1, -0.05) is 24.3 Å². The molecule has 0 saturated carbocycles. The Labute approximate surface area is 187 Å². The summed E-state index contributed by atoms with van der Waals surface area (Å²) < 4.78 is 38.8. The first-order chi connectivity index (χ1) is 16.3. The minimum absolute atomic E-state index is 0.164. The summed E-state index contributed by atoms with van der Waals surface area (Å²) in [5.74, 6) is -3.31. The van der Waals surface area contributed by atoms with Gasteiger partial charge in [0.2, 0.25) is 5.43 Å². The number of hydrogen-bond acceptors (Lipinski definition) is 5. The number of rotatable bonds is 3. The Kier molecular flexibility index (Phi) is 4.31. The number of aryl methyl sites for hydroxylation is 1. The molecule has 2 aromatic rings. The lowest BCUT2D eigenvalue weighted by atomic mass is 9.93. The molecule has 2 aliphatic heterocycles. The Morgan fingerprint density at radius 2 is 2.16 bits per heavy atom. The van der Waals surface area contributed by atoms with E-state index in [1.807, 2.05) is 0 Å². The van der Waals surface area contributed by atoms with E-state index in [4.69, 9.17) is 4.11 Å². The maximum absolute atomic E-state index is 14.1. The molecule has 4 rings (SSSR count). The average Bonchev–Trinajstić information content (AvgIpc) is 2.89. The summed E-state index contributed by atoms with van der Waals surface area (Å²) in [5, 5.41) is 24.3. The Morgan fingerprint density at radius 3 is 2.84 bits per heavy atom. The molecule has 3 N–H and O–H groups in total. The number of nitrogens with one attached hydrogen (secondary N) is 1. The highest BCUT2D eigenvalue weighted by molar-refractivity contribution is 5.99. The average molecular weight is 444 g/mol. The van der Waals surface area contributed by atoms with Gasteiger partial charge < -0.3 is 25.0 Å². The monoisotopic (exact) mass is 444 g/mol. The molecule has 1 aromatic carbocycles. The van der Waals surface area contributed by atoms with Gasteiger partial charge in [0.15, 0.2) is 11.4 Å². The minimum atomic E-state index is -2.94. The number of aromatic nitrogens is 1. The molecule has 0 radical (unpaired) electrons. The van der Waals surface area contributed by atoms with Crippen molar-refractivity contribution < 1.29 is 28.3 Å². The summed E-state index contributed by atoms with van der Waals surface area (Å²) in [6, 6.07) is 2.45. The van der Waals surface area contributed by atoms with Crippen LogP contribution in [0.1, 0.15) is 55.9 Å². The van der Waals surface area contributed by atoms with E-state index in [1.54, 1.807) is 19.9 Å². The van der Waals surface area contributed by atoms with Crippen molar-refractivity contribution in [3.05, 3.63) is 75.0 Å². The maximum Gasteiger partial charge on any atom is 0.275 e. The highest BCUT2D eigenvalue weighted by Gasteiger charge is 2.44. The van der Waals surface area contributed by atoms with Gasteiger partial charge in [-0.2, -0.15) is 0 Å². The molecular formula is C23H24FN3O5. The van der Waals surface area contributed by atoms with Crippen molar-refractivity contribution >= 4 is 11.8 Å². The molecule has 3 heterocycles. The van der Waals surface area contributed by atoms with E-state index in [2.05, 4.69) is 5.32 Å². The van der Waals surface area contributed by atoms with E-state index in [0.717, 1.165) is 16.8 Å². The fraction of sp³-hybridized carbons (Fsp3) is 0.348. The topological polar surface area (TPSA) is 112 Å². The summed E-state index contributed by atoms with van der Waals surface area (Å²) >= 11 is 0.